The lowest BCUT2D eigenvalue weighted by molar-refractivity contribution is -0.0277. The molecule has 2 aliphatic heterocycles. The molecule has 4 unspecified atom stereocenters. The summed E-state index contributed by atoms with van der Waals surface area (Å²) in [7, 11) is 0. The lowest BCUT2D eigenvalue weighted by Crippen LogP contribution is -2.60. The predicted molar refractivity (Wildman–Crippen MR) is 86.0 cm³/mol. The van der Waals surface area contributed by atoms with Crippen molar-refractivity contribution in [1.29, 1.82) is 0 Å². The van der Waals surface area contributed by atoms with Gasteiger partial charge < -0.3 is 5.32 Å². The van der Waals surface area contributed by atoms with Gasteiger partial charge in [-0.05, 0) is 57.4 Å². The molecule has 0 aromatic heterocycles. The Bertz CT molecular complexity index is 290. The number of nitrogens with zero attached hydrogens (tertiary/aromatic N) is 1. The van der Waals surface area contributed by atoms with Gasteiger partial charge in [-0.1, -0.05) is 33.1 Å². The molecule has 1 aliphatic carbocycles. The van der Waals surface area contributed by atoms with Crippen LogP contribution in [-0.2, 0) is 0 Å². The van der Waals surface area contributed by atoms with E-state index in [-0.39, 0.29) is 0 Å². The number of hydrogen-bond donors (Lipinski definition) is 1. The summed E-state index contributed by atoms with van der Waals surface area (Å²) in [6.07, 6.45) is 14.4. The minimum absolute atomic E-state index is 0.808. The van der Waals surface area contributed by atoms with Crippen LogP contribution in [-0.4, -0.2) is 35.6 Å². The largest absolute Gasteiger partial charge is 0.314 e. The van der Waals surface area contributed by atoms with Gasteiger partial charge in [-0.25, -0.2) is 0 Å². The summed E-state index contributed by atoms with van der Waals surface area (Å²) >= 11 is 0. The third-order valence-electron chi connectivity index (χ3n) is 6.04. The van der Waals surface area contributed by atoms with Crippen LogP contribution in [0.2, 0.25) is 0 Å². The summed E-state index contributed by atoms with van der Waals surface area (Å²) in [6, 6.07) is 3.52. The van der Waals surface area contributed by atoms with Crippen molar-refractivity contribution < 1.29 is 0 Å². The fourth-order valence-electron chi connectivity index (χ4n) is 5.20. The molecule has 2 heteroatoms. The van der Waals surface area contributed by atoms with E-state index >= 15 is 0 Å². The Morgan fingerprint density at radius 3 is 2.10 bits per heavy atom. The first-order valence-electron chi connectivity index (χ1n) is 9.28. The summed E-state index contributed by atoms with van der Waals surface area (Å²) in [5, 5.41) is 3.81. The maximum Gasteiger partial charge on any atom is 0.0116 e. The van der Waals surface area contributed by atoms with E-state index in [1.807, 2.05) is 0 Å². The molecule has 0 aromatic carbocycles. The highest BCUT2D eigenvalue weighted by molar-refractivity contribution is 4.98. The van der Waals surface area contributed by atoms with Gasteiger partial charge >= 0.3 is 0 Å². The molecular weight excluding hydrogens is 244 g/mol. The fourth-order valence-corrected chi connectivity index (χ4v) is 5.20. The van der Waals surface area contributed by atoms with Crippen molar-refractivity contribution in [1.82, 2.24) is 10.2 Å². The first-order chi connectivity index (χ1) is 9.78. The van der Waals surface area contributed by atoms with E-state index in [1.54, 1.807) is 0 Å². The third-order valence-corrected chi connectivity index (χ3v) is 6.04. The van der Waals surface area contributed by atoms with Crippen molar-refractivity contribution in [3.8, 4) is 0 Å². The molecule has 3 aliphatic rings. The highest BCUT2D eigenvalue weighted by Crippen LogP contribution is 2.40. The van der Waals surface area contributed by atoms with E-state index in [4.69, 9.17) is 0 Å². The van der Waals surface area contributed by atoms with Gasteiger partial charge in [0.05, 0.1) is 0 Å². The second-order valence-electron chi connectivity index (χ2n) is 7.73. The van der Waals surface area contributed by atoms with Gasteiger partial charge in [0.2, 0.25) is 0 Å². The van der Waals surface area contributed by atoms with E-state index in [9.17, 15) is 0 Å². The molecule has 3 fully saturated rings. The maximum absolute atomic E-state index is 3.81. The highest BCUT2D eigenvalue weighted by Gasteiger charge is 2.41. The SMILES string of the molecule is CCCNC1CC2CCCC(C1)N2C1CCCC(C)C1. The molecule has 0 amide bonds. The Hall–Kier alpha value is -0.0800. The van der Waals surface area contributed by atoms with Gasteiger partial charge in [-0.15, -0.1) is 0 Å². The average molecular weight is 278 g/mol. The number of hydrogen-bond acceptors (Lipinski definition) is 2. The van der Waals surface area contributed by atoms with Gasteiger partial charge in [0.15, 0.2) is 0 Å². The number of piperidine rings is 2. The lowest BCUT2D eigenvalue weighted by atomic mass is 9.77. The molecule has 2 heterocycles. The van der Waals surface area contributed by atoms with Crippen LogP contribution in [0.4, 0.5) is 0 Å². The molecule has 2 bridgehead atoms. The quantitative estimate of drug-likeness (QED) is 0.837. The summed E-state index contributed by atoms with van der Waals surface area (Å²) in [4.78, 5) is 3.00. The van der Waals surface area contributed by atoms with Crippen molar-refractivity contribution in [3.63, 3.8) is 0 Å². The van der Waals surface area contributed by atoms with Crippen LogP contribution in [0.1, 0.15) is 78.1 Å². The number of nitrogens with one attached hydrogen (secondary N) is 1. The molecule has 0 spiro atoms. The third kappa shape index (κ3) is 3.22. The van der Waals surface area contributed by atoms with Crippen molar-refractivity contribution in [3.05, 3.63) is 0 Å². The molecule has 2 nitrogen and oxygen atoms in total. The van der Waals surface area contributed by atoms with Crippen LogP contribution in [0.5, 0.6) is 0 Å². The van der Waals surface area contributed by atoms with Crippen molar-refractivity contribution in [2.45, 2.75) is 102 Å². The first kappa shape index (κ1) is 14.8. The lowest BCUT2D eigenvalue weighted by Gasteiger charge is -2.53. The van der Waals surface area contributed by atoms with Crippen LogP contribution in [0.15, 0.2) is 0 Å². The van der Waals surface area contributed by atoms with Gasteiger partial charge in [0.1, 0.15) is 0 Å². The summed E-state index contributed by atoms with van der Waals surface area (Å²) < 4.78 is 0. The molecule has 3 rings (SSSR count). The van der Waals surface area contributed by atoms with Crippen molar-refractivity contribution in [2.75, 3.05) is 6.54 Å². The zero-order valence-corrected chi connectivity index (χ0v) is 13.6. The molecule has 0 radical (unpaired) electrons. The van der Waals surface area contributed by atoms with E-state index < -0.39 is 0 Å². The molecule has 2 saturated heterocycles. The maximum atomic E-state index is 3.81. The number of rotatable bonds is 4. The zero-order valence-electron chi connectivity index (χ0n) is 13.6. The Balaban J connectivity index is 1.63. The average Bonchev–Trinajstić information content (AvgIpc) is 2.44. The number of fused-ring (bicyclic) bond motifs is 2. The van der Waals surface area contributed by atoms with E-state index in [2.05, 4.69) is 24.1 Å². The van der Waals surface area contributed by atoms with Crippen molar-refractivity contribution >= 4 is 0 Å². The Labute approximate surface area is 125 Å². The Morgan fingerprint density at radius 1 is 0.900 bits per heavy atom. The minimum atomic E-state index is 0.808. The molecule has 20 heavy (non-hydrogen) atoms. The van der Waals surface area contributed by atoms with E-state index in [0.717, 1.165) is 30.1 Å². The Morgan fingerprint density at radius 2 is 1.50 bits per heavy atom. The summed E-state index contributed by atoms with van der Waals surface area (Å²) in [6.45, 7) is 5.97. The topological polar surface area (TPSA) is 15.3 Å². The Kier molecular flexibility index (Phi) is 5.04. The van der Waals surface area contributed by atoms with Gasteiger partial charge in [-0.2, -0.15) is 0 Å². The smallest absolute Gasteiger partial charge is 0.0116 e. The van der Waals surface area contributed by atoms with Crippen LogP contribution in [0.25, 0.3) is 0 Å². The fraction of sp³-hybridized carbons (Fsp3) is 1.00. The first-order valence-corrected chi connectivity index (χ1v) is 9.28. The van der Waals surface area contributed by atoms with Gasteiger partial charge in [-0.3, -0.25) is 4.90 Å². The highest BCUT2D eigenvalue weighted by atomic mass is 15.2. The van der Waals surface area contributed by atoms with Gasteiger partial charge in [0, 0.05) is 24.2 Å². The van der Waals surface area contributed by atoms with Gasteiger partial charge in [0.25, 0.3) is 0 Å². The second-order valence-corrected chi connectivity index (χ2v) is 7.73. The molecule has 1 N–H and O–H groups in total. The van der Waals surface area contributed by atoms with Crippen LogP contribution < -0.4 is 5.32 Å². The monoisotopic (exact) mass is 278 g/mol. The minimum Gasteiger partial charge on any atom is -0.314 e. The normalized spacial score (nSPS) is 42.6. The van der Waals surface area contributed by atoms with Crippen LogP contribution in [0.3, 0.4) is 0 Å². The molecule has 4 atom stereocenters. The van der Waals surface area contributed by atoms with Crippen LogP contribution in [0, 0.1) is 5.92 Å². The van der Waals surface area contributed by atoms with E-state index in [0.29, 0.717) is 0 Å². The second kappa shape index (κ2) is 6.79. The molecule has 1 saturated carbocycles. The summed E-state index contributed by atoms with van der Waals surface area (Å²) in [5.41, 5.74) is 0. The van der Waals surface area contributed by atoms with Crippen LogP contribution >= 0.6 is 0 Å². The predicted octanol–water partition coefficient (Wildman–Crippen LogP) is 3.95. The van der Waals surface area contributed by atoms with E-state index in [1.165, 1.54) is 70.8 Å². The molecule has 116 valence electrons. The molecular formula is C18H34N2. The molecule has 0 aromatic rings. The standard InChI is InChI=1S/C18H34N2/c1-3-10-19-15-12-17-8-5-9-18(13-15)20(17)16-7-4-6-14(2)11-16/h14-19H,3-13H2,1-2H3. The summed E-state index contributed by atoms with van der Waals surface area (Å²) in [5.74, 6) is 0.963. The zero-order chi connectivity index (χ0) is 13.9. The van der Waals surface area contributed by atoms with Crippen molar-refractivity contribution in [2.24, 2.45) is 5.92 Å².